The topological polar surface area (TPSA) is 57.6 Å². The van der Waals surface area contributed by atoms with E-state index in [1.807, 2.05) is 31.4 Å². The largest absolute Gasteiger partial charge is 0.480 e. The Balaban J connectivity index is 2.33. The van der Waals surface area contributed by atoms with E-state index in [0.29, 0.717) is 18.5 Å². The number of hydrogen-bond donors (Lipinski definition) is 1. The van der Waals surface area contributed by atoms with Crippen LogP contribution in [-0.2, 0) is 4.79 Å². The average Bonchev–Trinajstić information content (AvgIpc) is 2.73. The summed E-state index contributed by atoms with van der Waals surface area (Å²) in [6, 6.07) is 5.07. The van der Waals surface area contributed by atoms with Crippen molar-refractivity contribution in [2.75, 3.05) is 12.8 Å². The molecule has 1 fully saturated rings. The minimum absolute atomic E-state index is 0.155. The van der Waals surface area contributed by atoms with Crippen LogP contribution in [0.1, 0.15) is 41.6 Å². The molecule has 0 aromatic heterocycles. The fourth-order valence-electron chi connectivity index (χ4n) is 2.72. The van der Waals surface area contributed by atoms with E-state index < -0.39 is 12.0 Å². The SMILES string of the molecule is CSc1ccc(C)c(C(=O)N2CCCCCC2C(=O)O)c1. The number of hydrogen-bond acceptors (Lipinski definition) is 3. The van der Waals surface area contributed by atoms with Crippen molar-refractivity contribution in [1.82, 2.24) is 4.90 Å². The Morgan fingerprint density at radius 1 is 1.29 bits per heavy atom. The zero-order valence-corrected chi connectivity index (χ0v) is 13.3. The quantitative estimate of drug-likeness (QED) is 0.871. The number of carboxylic acids is 1. The minimum atomic E-state index is -0.899. The summed E-state index contributed by atoms with van der Waals surface area (Å²) in [5, 5.41) is 9.40. The summed E-state index contributed by atoms with van der Waals surface area (Å²) in [7, 11) is 0. The van der Waals surface area contributed by atoms with Crippen LogP contribution in [0.5, 0.6) is 0 Å². The molecule has 1 heterocycles. The van der Waals surface area contributed by atoms with E-state index in [9.17, 15) is 14.7 Å². The van der Waals surface area contributed by atoms with Crippen molar-refractivity contribution < 1.29 is 14.7 Å². The molecule has 0 spiro atoms. The molecule has 1 N–H and O–H groups in total. The summed E-state index contributed by atoms with van der Waals surface area (Å²) in [5.74, 6) is -1.05. The molecule has 1 atom stereocenters. The summed E-state index contributed by atoms with van der Waals surface area (Å²) in [6.07, 6.45) is 5.23. The first-order valence-electron chi connectivity index (χ1n) is 7.23. The molecule has 1 amide bonds. The van der Waals surface area contributed by atoms with Crippen molar-refractivity contribution in [2.24, 2.45) is 0 Å². The monoisotopic (exact) mass is 307 g/mol. The summed E-state index contributed by atoms with van der Waals surface area (Å²) in [4.78, 5) is 26.8. The summed E-state index contributed by atoms with van der Waals surface area (Å²) in [5.41, 5.74) is 1.51. The number of carboxylic acid groups (broad SMARTS) is 1. The van der Waals surface area contributed by atoms with E-state index in [0.717, 1.165) is 29.7 Å². The molecule has 0 aliphatic carbocycles. The average molecular weight is 307 g/mol. The fourth-order valence-corrected chi connectivity index (χ4v) is 3.16. The highest BCUT2D eigenvalue weighted by Gasteiger charge is 2.31. The van der Waals surface area contributed by atoms with Crippen LogP contribution in [0.4, 0.5) is 0 Å². The molecule has 4 nitrogen and oxygen atoms in total. The number of carbonyl (C=O) groups is 2. The van der Waals surface area contributed by atoms with Gasteiger partial charge in [0.25, 0.3) is 5.91 Å². The second-order valence-corrected chi connectivity index (χ2v) is 6.26. The van der Waals surface area contributed by atoms with E-state index in [-0.39, 0.29) is 5.91 Å². The van der Waals surface area contributed by atoms with Gasteiger partial charge in [-0.25, -0.2) is 4.79 Å². The first kappa shape index (κ1) is 15.9. The van der Waals surface area contributed by atoms with Gasteiger partial charge in [-0.1, -0.05) is 18.9 Å². The minimum Gasteiger partial charge on any atom is -0.480 e. The lowest BCUT2D eigenvalue weighted by atomic mass is 10.1. The van der Waals surface area contributed by atoms with Crippen LogP contribution in [0, 0.1) is 6.92 Å². The number of likely N-dealkylation sites (tertiary alicyclic amines) is 1. The van der Waals surface area contributed by atoms with Gasteiger partial charge in [0.2, 0.25) is 0 Å². The van der Waals surface area contributed by atoms with Gasteiger partial charge in [-0.15, -0.1) is 11.8 Å². The maximum Gasteiger partial charge on any atom is 0.326 e. The third kappa shape index (κ3) is 3.59. The van der Waals surface area contributed by atoms with Crippen LogP contribution >= 0.6 is 11.8 Å². The molecular formula is C16H21NO3S. The smallest absolute Gasteiger partial charge is 0.326 e. The predicted molar refractivity (Wildman–Crippen MR) is 83.9 cm³/mol. The summed E-state index contributed by atoms with van der Waals surface area (Å²) < 4.78 is 0. The number of nitrogens with zero attached hydrogens (tertiary/aromatic N) is 1. The predicted octanol–water partition coefficient (Wildman–Crippen LogP) is 3.19. The molecule has 1 aromatic rings. The van der Waals surface area contributed by atoms with Crippen LogP contribution in [0.2, 0.25) is 0 Å². The van der Waals surface area contributed by atoms with E-state index in [4.69, 9.17) is 0 Å². The van der Waals surface area contributed by atoms with Crippen LogP contribution in [0.15, 0.2) is 23.1 Å². The molecule has 2 rings (SSSR count). The fraction of sp³-hybridized carbons (Fsp3) is 0.500. The highest BCUT2D eigenvalue weighted by molar-refractivity contribution is 7.98. The van der Waals surface area contributed by atoms with Gasteiger partial charge in [0.05, 0.1) is 0 Å². The number of rotatable bonds is 3. The number of benzene rings is 1. The molecule has 1 aliphatic heterocycles. The van der Waals surface area contributed by atoms with Crippen molar-refractivity contribution in [2.45, 2.75) is 43.5 Å². The number of amides is 1. The Hall–Kier alpha value is -1.49. The standard InChI is InChI=1S/C16H21NO3S/c1-11-7-8-12(21-2)10-13(11)15(18)17-9-5-3-4-6-14(17)16(19)20/h7-8,10,14H,3-6,9H2,1-2H3,(H,19,20). The summed E-state index contributed by atoms with van der Waals surface area (Å²) in [6.45, 7) is 2.42. The maximum atomic E-state index is 12.8. The van der Waals surface area contributed by atoms with E-state index in [1.165, 1.54) is 0 Å². The molecule has 1 unspecified atom stereocenters. The van der Waals surface area contributed by atoms with E-state index in [2.05, 4.69) is 0 Å². The van der Waals surface area contributed by atoms with Gasteiger partial charge in [0.15, 0.2) is 0 Å². The molecule has 1 aliphatic rings. The molecule has 1 saturated heterocycles. The Labute approximate surface area is 129 Å². The van der Waals surface area contributed by atoms with Gasteiger partial charge in [-0.05, 0) is 43.7 Å². The first-order chi connectivity index (χ1) is 10.0. The zero-order chi connectivity index (χ0) is 15.4. The third-order valence-corrected chi connectivity index (χ3v) is 4.70. The molecular weight excluding hydrogens is 286 g/mol. The van der Waals surface area contributed by atoms with Gasteiger partial charge < -0.3 is 10.0 Å². The van der Waals surface area contributed by atoms with Crippen molar-refractivity contribution in [3.05, 3.63) is 29.3 Å². The lowest BCUT2D eigenvalue weighted by Gasteiger charge is -2.27. The lowest BCUT2D eigenvalue weighted by molar-refractivity contribution is -0.142. The van der Waals surface area contributed by atoms with Crippen molar-refractivity contribution >= 4 is 23.6 Å². The van der Waals surface area contributed by atoms with Crippen LogP contribution in [-0.4, -0.2) is 40.7 Å². The normalized spacial score (nSPS) is 19.1. The first-order valence-corrected chi connectivity index (χ1v) is 8.45. The van der Waals surface area contributed by atoms with Gasteiger partial charge in [-0.2, -0.15) is 0 Å². The van der Waals surface area contributed by atoms with Gasteiger partial charge >= 0.3 is 5.97 Å². The Bertz CT molecular complexity index is 544. The van der Waals surface area contributed by atoms with Gasteiger partial charge in [0.1, 0.15) is 6.04 Å². The van der Waals surface area contributed by atoms with E-state index >= 15 is 0 Å². The van der Waals surface area contributed by atoms with E-state index in [1.54, 1.807) is 16.7 Å². The van der Waals surface area contributed by atoms with Crippen molar-refractivity contribution in [1.29, 1.82) is 0 Å². The highest BCUT2D eigenvalue weighted by Crippen LogP contribution is 2.24. The van der Waals surface area contributed by atoms with Gasteiger partial charge in [0, 0.05) is 17.0 Å². The second kappa shape index (κ2) is 6.98. The Morgan fingerprint density at radius 3 is 2.71 bits per heavy atom. The molecule has 5 heteroatoms. The van der Waals surface area contributed by atoms with Crippen LogP contribution in [0.3, 0.4) is 0 Å². The number of aryl methyl sites for hydroxylation is 1. The molecule has 0 bridgehead atoms. The zero-order valence-electron chi connectivity index (χ0n) is 12.5. The Kier molecular flexibility index (Phi) is 5.28. The Morgan fingerprint density at radius 2 is 2.05 bits per heavy atom. The van der Waals surface area contributed by atoms with Crippen molar-refractivity contribution in [3.8, 4) is 0 Å². The number of aliphatic carboxylic acids is 1. The molecule has 0 saturated carbocycles. The third-order valence-electron chi connectivity index (χ3n) is 3.97. The molecule has 114 valence electrons. The summed E-state index contributed by atoms with van der Waals surface area (Å²) >= 11 is 1.58. The highest BCUT2D eigenvalue weighted by atomic mass is 32.2. The van der Waals surface area contributed by atoms with Crippen LogP contribution in [0.25, 0.3) is 0 Å². The van der Waals surface area contributed by atoms with Gasteiger partial charge in [-0.3, -0.25) is 4.79 Å². The number of carbonyl (C=O) groups excluding carboxylic acids is 1. The number of thioether (sulfide) groups is 1. The second-order valence-electron chi connectivity index (χ2n) is 5.38. The van der Waals surface area contributed by atoms with Crippen LogP contribution < -0.4 is 0 Å². The van der Waals surface area contributed by atoms with Crippen molar-refractivity contribution in [3.63, 3.8) is 0 Å². The molecule has 21 heavy (non-hydrogen) atoms. The molecule has 1 aromatic carbocycles. The molecule has 0 radical (unpaired) electrons. The maximum absolute atomic E-state index is 12.8. The lowest BCUT2D eigenvalue weighted by Crippen LogP contribution is -2.44.